The number of nitrogens with two attached hydrogens (primary N) is 1. The van der Waals surface area contributed by atoms with Crippen LogP contribution in [0.5, 0.6) is 0 Å². The number of nitrogens with zero attached hydrogens (tertiary/aromatic N) is 2. The third-order valence-electron chi connectivity index (χ3n) is 2.72. The van der Waals surface area contributed by atoms with E-state index < -0.39 is 0 Å². The van der Waals surface area contributed by atoms with Gasteiger partial charge in [0.1, 0.15) is 6.61 Å². The van der Waals surface area contributed by atoms with Gasteiger partial charge in [0.2, 0.25) is 5.91 Å². The molecule has 0 radical (unpaired) electrons. The molecule has 0 spiro atoms. The van der Waals surface area contributed by atoms with Gasteiger partial charge in [0.15, 0.2) is 5.13 Å². The summed E-state index contributed by atoms with van der Waals surface area (Å²) in [6, 6.07) is 0.0798. The number of thiazole rings is 1. The Labute approximate surface area is 98.2 Å². The minimum absolute atomic E-state index is 0.0246. The molecular weight excluding hydrogens is 226 g/mol. The molecule has 1 aromatic heterocycles. The Morgan fingerprint density at radius 3 is 3.25 bits per heavy atom. The molecular formula is C10H15N3O2S. The van der Waals surface area contributed by atoms with Crippen LogP contribution in [0.3, 0.4) is 0 Å². The highest BCUT2D eigenvalue weighted by Crippen LogP contribution is 2.32. The van der Waals surface area contributed by atoms with Gasteiger partial charge in [-0.3, -0.25) is 4.79 Å². The van der Waals surface area contributed by atoms with Crippen molar-refractivity contribution in [1.82, 2.24) is 9.88 Å². The van der Waals surface area contributed by atoms with Gasteiger partial charge in [-0.2, -0.15) is 0 Å². The fraction of sp³-hybridized carbons (Fsp3) is 0.600. The van der Waals surface area contributed by atoms with Crippen LogP contribution in [0.25, 0.3) is 0 Å². The number of likely N-dealkylation sites (tertiary alicyclic amines) is 1. The molecule has 1 unspecified atom stereocenters. The third-order valence-corrected chi connectivity index (χ3v) is 3.41. The first-order valence-corrected chi connectivity index (χ1v) is 6.09. The van der Waals surface area contributed by atoms with Crippen LogP contribution in [0, 0.1) is 0 Å². The van der Waals surface area contributed by atoms with E-state index in [9.17, 15) is 4.79 Å². The van der Waals surface area contributed by atoms with Crippen LogP contribution in [-0.2, 0) is 9.53 Å². The van der Waals surface area contributed by atoms with Gasteiger partial charge < -0.3 is 15.4 Å². The lowest BCUT2D eigenvalue weighted by Crippen LogP contribution is -2.33. The number of ether oxygens (including phenoxy) is 1. The molecule has 0 aliphatic carbocycles. The summed E-state index contributed by atoms with van der Waals surface area (Å²) in [4.78, 5) is 17.9. The number of aromatic nitrogens is 1. The number of anilines is 1. The molecule has 1 aromatic rings. The predicted octanol–water partition coefficient (Wildman–Crippen LogP) is 1.04. The summed E-state index contributed by atoms with van der Waals surface area (Å²) in [5, 5.41) is 2.49. The maximum Gasteiger partial charge on any atom is 0.249 e. The summed E-state index contributed by atoms with van der Waals surface area (Å²) < 4.78 is 4.87. The lowest BCUT2D eigenvalue weighted by Gasteiger charge is -2.22. The average Bonchev–Trinajstić information content (AvgIpc) is 2.85. The Morgan fingerprint density at radius 1 is 1.81 bits per heavy atom. The SMILES string of the molecule is COCC(=O)N1CCCC1c1csc(N)n1. The van der Waals surface area contributed by atoms with E-state index in [2.05, 4.69) is 4.98 Å². The Bertz CT molecular complexity index is 380. The van der Waals surface area contributed by atoms with Crippen molar-refractivity contribution in [3.63, 3.8) is 0 Å². The van der Waals surface area contributed by atoms with Gasteiger partial charge in [-0.15, -0.1) is 11.3 Å². The molecule has 0 saturated carbocycles. The number of methoxy groups -OCH3 is 1. The molecule has 0 bridgehead atoms. The Balaban J connectivity index is 2.11. The zero-order chi connectivity index (χ0) is 11.5. The normalized spacial score (nSPS) is 20.3. The van der Waals surface area contributed by atoms with Crippen molar-refractivity contribution in [3.05, 3.63) is 11.1 Å². The van der Waals surface area contributed by atoms with E-state index in [1.807, 2.05) is 10.3 Å². The number of carbonyl (C=O) groups is 1. The number of nitrogen functional groups attached to an aromatic ring is 1. The summed E-state index contributed by atoms with van der Waals surface area (Å²) in [5.74, 6) is 0.0246. The molecule has 0 aromatic carbocycles. The van der Waals surface area contributed by atoms with Crippen molar-refractivity contribution in [1.29, 1.82) is 0 Å². The first-order valence-electron chi connectivity index (χ1n) is 5.21. The van der Waals surface area contributed by atoms with Crippen LogP contribution in [-0.4, -0.2) is 36.1 Å². The van der Waals surface area contributed by atoms with E-state index in [0.717, 1.165) is 25.1 Å². The largest absolute Gasteiger partial charge is 0.375 e. The Morgan fingerprint density at radius 2 is 2.62 bits per heavy atom. The van der Waals surface area contributed by atoms with E-state index in [-0.39, 0.29) is 18.6 Å². The highest BCUT2D eigenvalue weighted by Gasteiger charge is 2.31. The van der Waals surface area contributed by atoms with Crippen LogP contribution in [0.2, 0.25) is 0 Å². The van der Waals surface area contributed by atoms with Crippen molar-refractivity contribution in [2.45, 2.75) is 18.9 Å². The van der Waals surface area contributed by atoms with E-state index in [1.54, 1.807) is 0 Å². The minimum atomic E-state index is 0.0246. The van der Waals surface area contributed by atoms with Crippen molar-refractivity contribution >= 4 is 22.4 Å². The third kappa shape index (κ3) is 2.17. The highest BCUT2D eigenvalue weighted by molar-refractivity contribution is 7.13. The quantitative estimate of drug-likeness (QED) is 0.858. The van der Waals surface area contributed by atoms with Crippen molar-refractivity contribution in [2.75, 3.05) is 26.0 Å². The molecule has 2 heterocycles. The molecule has 1 aliphatic heterocycles. The lowest BCUT2D eigenvalue weighted by atomic mass is 10.2. The number of hydrogen-bond donors (Lipinski definition) is 1. The van der Waals surface area contributed by atoms with Gasteiger partial charge >= 0.3 is 0 Å². The van der Waals surface area contributed by atoms with Crippen molar-refractivity contribution in [3.8, 4) is 0 Å². The zero-order valence-electron chi connectivity index (χ0n) is 9.18. The molecule has 2 N–H and O–H groups in total. The fourth-order valence-electron chi connectivity index (χ4n) is 2.03. The Hall–Kier alpha value is -1.14. The molecule has 16 heavy (non-hydrogen) atoms. The lowest BCUT2D eigenvalue weighted by molar-refractivity contribution is -0.136. The number of hydrogen-bond acceptors (Lipinski definition) is 5. The van der Waals surface area contributed by atoms with Crippen molar-refractivity contribution in [2.24, 2.45) is 0 Å². The number of rotatable bonds is 3. The average molecular weight is 241 g/mol. The second-order valence-electron chi connectivity index (χ2n) is 3.79. The second kappa shape index (κ2) is 4.80. The number of amides is 1. The molecule has 5 nitrogen and oxygen atoms in total. The van der Waals surface area contributed by atoms with E-state index >= 15 is 0 Å². The smallest absolute Gasteiger partial charge is 0.249 e. The van der Waals surface area contributed by atoms with Gasteiger partial charge in [0.25, 0.3) is 0 Å². The summed E-state index contributed by atoms with van der Waals surface area (Å²) in [6.07, 6.45) is 1.97. The molecule has 1 atom stereocenters. The molecule has 2 rings (SSSR count). The first kappa shape index (κ1) is 11.3. The zero-order valence-corrected chi connectivity index (χ0v) is 10.00. The van der Waals surface area contributed by atoms with Gasteiger partial charge in [-0.05, 0) is 12.8 Å². The van der Waals surface area contributed by atoms with E-state index in [1.165, 1.54) is 18.4 Å². The summed E-state index contributed by atoms with van der Waals surface area (Å²) in [6.45, 7) is 0.917. The topological polar surface area (TPSA) is 68.5 Å². The molecule has 1 aliphatic rings. The van der Waals surface area contributed by atoms with E-state index in [4.69, 9.17) is 10.5 Å². The standard InChI is InChI=1S/C10H15N3O2S/c1-15-5-9(14)13-4-2-3-8(13)7-6-16-10(11)12-7/h6,8H,2-5H2,1H3,(H2,11,12). The summed E-state index contributed by atoms with van der Waals surface area (Å²) in [5.41, 5.74) is 6.51. The predicted molar refractivity (Wildman–Crippen MR) is 62.1 cm³/mol. The fourth-order valence-corrected chi connectivity index (χ4v) is 2.64. The number of carbonyl (C=O) groups excluding carboxylic acids is 1. The van der Waals surface area contributed by atoms with Gasteiger partial charge in [0.05, 0.1) is 11.7 Å². The molecule has 1 amide bonds. The maximum absolute atomic E-state index is 11.8. The monoisotopic (exact) mass is 241 g/mol. The minimum Gasteiger partial charge on any atom is -0.375 e. The molecule has 1 saturated heterocycles. The van der Waals surface area contributed by atoms with Crippen LogP contribution < -0.4 is 5.73 Å². The highest BCUT2D eigenvalue weighted by atomic mass is 32.1. The van der Waals surface area contributed by atoms with Gasteiger partial charge in [-0.25, -0.2) is 4.98 Å². The maximum atomic E-state index is 11.8. The van der Waals surface area contributed by atoms with E-state index in [0.29, 0.717) is 5.13 Å². The molecule has 88 valence electrons. The Kier molecular flexibility index (Phi) is 3.40. The van der Waals surface area contributed by atoms with Crippen molar-refractivity contribution < 1.29 is 9.53 Å². The first-order chi connectivity index (χ1) is 7.72. The van der Waals surface area contributed by atoms with Crippen LogP contribution >= 0.6 is 11.3 Å². The second-order valence-corrected chi connectivity index (χ2v) is 4.68. The van der Waals surface area contributed by atoms with Gasteiger partial charge in [0, 0.05) is 19.0 Å². The van der Waals surface area contributed by atoms with Gasteiger partial charge in [-0.1, -0.05) is 0 Å². The van der Waals surface area contributed by atoms with Crippen LogP contribution in [0.15, 0.2) is 5.38 Å². The summed E-state index contributed by atoms with van der Waals surface area (Å²) in [7, 11) is 1.53. The molecule has 1 fully saturated rings. The molecule has 6 heteroatoms. The summed E-state index contributed by atoms with van der Waals surface area (Å²) >= 11 is 1.42. The van der Waals surface area contributed by atoms with Crippen LogP contribution in [0.1, 0.15) is 24.6 Å². The van der Waals surface area contributed by atoms with Crippen LogP contribution in [0.4, 0.5) is 5.13 Å².